The molecule has 1 atom stereocenters. The lowest BCUT2D eigenvalue weighted by molar-refractivity contribution is -0.192. The second-order valence-electron chi connectivity index (χ2n) is 9.02. The van der Waals surface area contributed by atoms with Crippen LogP contribution in [-0.4, -0.2) is 45.8 Å². The van der Waals surface area contributed by atoms with Gasteiger partial charge in [-0.15, -0.1) is 0 Å². The van der Waals surface area contributed by atoms with Gasteiger partial charge in [0.15, 0.2) is 0 Å². The number of aliphatic carboxylic acids is 2. The van der Waals surface area contributed by atoms with Gasteiger partial charge in [-0.25, -0.2) is 9.78 Å². The van der Waals surface area contributed by atoms with Crippen molar-refractivity contribution in [3.8, 4) is 0 Å². The van der Waals surface area contributed by atoms with Crippen molar-refractivity contribution in [1.82, 2.24) is 10.3 Å². The molecule has 1 aliphatic carbocycles. The van der Waals surface area contributed by atoms with Gasteiger partial charge in [0.2, 0.25) is 0 Å². The number of halogens is 3. The molecule has 0 aliphatic heterocycles. The Kier molecular flexibility index (Phi) is 10.4. The Morgan fingerprint density at radius 2 is 1.68 bits per heavy atom. The van der Waals surface area contributed by atoms with Crippen molar-refractivity contribution in [1.29, 1.82) is 0 Å². The quantitative estimate of drug-likeness (QED) is 0.282. The molecule has 1 heterocycles. The van der Waals surface area contributed by atoms with Gasteiger partial charge in [0.1, 0.15) is 5.82 Å². The number of carboxylic acid groups (broad SMARTS) is 2. The molecule has 40 heavy (non-hydrogen) atoms. The van der Waals surface area contributed by atoms with Crippen LogP contribution in [-0.2, 0) is 22.6 Å². The highest BCUT2D eigenvalue weighted by Gasteiger charge is 2.38. The maximum absolute atomic E-state index is 12.8. The number of alkyl halides is 3. The molecule has 1 aliphatic rings. The van der Waals surface area contributed by atoms with Crippen LogP contribution >= 0.6 is 0 Å². The van der Waals surface area contributed by atoms with E-state index in [4.69, 9.17) is 9.90 Å². The number of amides is 1. The van der Waals surface area contributed by atoms with Crippen LogP contribution < -0.4 is 10.6 Å². The summed E-state index contributed by atoms with van der Waals surface area (Å²) < 4.78 is 31.7. The number of carboxylic acids is 2. The predicted octanol–water partition coefficient (Wildman–Crippen LogP) is 5.19. The maximum atomic E-state index is 12.8. The van der Waals surface area contributed by atoms with Crippen molar-refractivity contribution in [3.63, 3.8) is 0 Å². The van der Waals surface area contributed by atoms with E-state index in [1.807, 2.05) is 60.7 Å². The number of aromatic nitrogens is 1. The number of nitrogens with one attached hydrogen (secondary N) is 2. The number of benzene rings is 2. The first kappa shape index (κ1) is 29.9. The number of pyridine rings is 1. The van der Waals surface area contributed by atoms with Crippen LogP contribution in [0.5, 0.6) is 0 Å². The number of rotatable bonds is 8. The summed E-state index contributed by atoms with van der Waals surface area (Å²) in [6.45, 7) is 0.970. The minimum absolute atomic E-state index is 0.0770. The van der Waals surface area contributed by atoms with Gasteiger partial charge in [-0.2, -0.15) is 13.2 Å². The Bertz CT molecular complexity index is 1360. The molecule has 0 fully saturated rings. The summed E-state index contributed by atoms with van der Waals surface area (Å²) in [5, 5.41) is 22.8. The third kappa shape index (κ3) is 9.26. The van der Waals surface area contributed by atoms with E-state index in [2.05, 4.69) is 21.7 Å². The first-order valence-electron chi connectivity index (χ1n) is 12.3. The van der Waals surface area contributed by atoms with Gasteiger partial charge in [-0.05, 0) is 59.7 Å². The molecular formula is C29H28F3N3O5. The smallest absolute Gasteiger partial charge is 0.481 e. The molecule has 4 rings (SSSR count). The largest absolute Gasteiger partial charge is 0.490 e. The van der Waals surface area contributed by atoms with Gasteiger partial charge < -0.3 is 20.8 Å². The summed E-state index contributed by atoms with van der Waals surface area (Å²) in [5.74, 6) is -3.02. The summed E-state index contributed by atoms with van der Waals surface area (Å²) >= 11 is 0. The van der Waals surface area contributed by atoms with Crippen molar-refractivity contribution in [3.05, 3.63) is 107 Å². The molecule has 1 aromatic heterocycles. The maximum Gasteiger partial charge on any atom is 0.490 e. The minimum atomic E-state index is -5.08. The molecule has 4 N–H and O–H groups in total. The molecule has 2 aromatic carbocycles. The Balaban J connectivity index is 0.000000559. The fourth-order valence-electron chi connectivity index (χ4n) is 4.20. The second-order valence-corrected chi connectivity index (χ2v) is 9.02. The zero-order valence-electron chi connectivity index (χ0n) is 21.3. The number of carbonyl (C=O) groups excluding carboxylic acids is 1. The molecule has 210 valence electrons. The summed E-state index contributed by atoms with van der Waals surface area (Å²) in [4.78, 5) is 37.4. The normalized spacial score (nSPS) is 14.4. The zero-order chi connectivity index (χ0) is 29.1. The molecule has 0 radical (unpaired) electrons. The Morgan fingerprint density at radius 3 is 2.35 bits per heavy atom. The van der Waals surface area contributed by atoms with E-state index in [0.717, 1.165) is 34.5 Å². The minimum Gasteiger partial charge on any atom is -0.481 e. The highest BCUT2D eigenvalue weighted by atomic mass is 19.4. The number of hydrogen-bond acceptors (Lipinski definition) is 5. The number of nitrogens with zero attached hydrogens (tertiary/aromatic N) is 1. The van der Waals surface area contributed by atoms with E-state index in [-0.39, 0.29) is 18.2 Å². The van der Waals surface area contributed by atoms with Gasteiger partial charge >= 0.3 is 18.1 Å². The van der Waals surface area contributed by atoms with Crippen molar-refractivity contribution >= 4 is 23.7 Å². The van der Waals surface area contributed by atoms with Gasteiger partial charge in [0.25, 0.3) is 5.91 Å². The number of hydrogen-bond donors (Lipinski definition) is 4. The predicted molar refractivity (Wildman–Crippen MR) is 142 cm³/mol. The molecule has 1 unspecified atom stereocenters. The molecule has 0 saturated heterocycles. The van der Waals surface area contributed by atoms with Crippen LogP contribution in [0.3, 0.4) is 0 Å². The lowest BCUT2D eigenvalue weighted by Gasteiger charge is -2.18. The topological polar surface area (TPSA) is 129 Å². The van der Waals surface area contributed by atoms with E-state index in [1.54, 1.807) is 12.3 Å². The van der Waals surface area contributed by atoms with Crippen molar-refractivity contribution in [2.75, 3.05) is 11.9 Å². The molecule has 0 bridgehead atoms. The van der Waals surface area contributed by atoms with Crippen LogP contribution in [0, 0.1) is 0 Å². The lowest BCUT2D eigenvalue weighted by Crippen LogP contribution is -2.26. The third-order valence-corrected chi connectivity index (χ3v) is 6.08. The Morgan fingerprint density at radius 1 is 0.950 bits per heavy atom. The van der Waals surface area contributed by atoms with Crippen LogP contribution in [0.2, 0.25) is 0 Å². The highest BCUT2D eigenvalue weighted by molar-refractivity contribution is 5.94. The molecule has 3 aromatic rings. The zero-order valence-corrected chi connectivity index (χ0v) is 21.3. The standard InChI is InChI=1S/C27H27N3O3.C2HF3O2/c31-26(32)16-23-15-20(11-12-21-7-1-2-9-24(21)23)18-30-27(33)22-8-5-6-19(14-22)17-29-25-10-3-4-13-28-25;3-2(4,5)1(6)7/h1-11,13-14,23H,12,15-18H2,(H,28,29)(H,30,33)(H,31,32);(H,6,7). The van der Waals surface area contributed by atoms with Crippen molar-refractivity contribution in [2.45, 2.75) is 37.9 Å². The molecular weight excluding hydrogens is 527 g/mol. The lowest BCUT2D eigenvalue weighted by atomic mass is 9.88. The average Bonchev–Trinajstić information content (AvgIpc) is 3.10. The average molecular weight is 556 g/mol. The van der Waals surface area contributed by atoms with Gasteiger partial charge in [0.05, 0.1) is 6.42 Å². The monoisotopic (exact) mass is 555 g/mol. The summed E-state index contributed by atoms with van der Waals surface area (Å²) in [5.41, 5.74) is 4.87. The number of fused-ring (bicyclic) bond motifs is 1. The molecule has 1 amide bonds. The van der Waals surface area contributed by atoms with Gasteiger partial charge in [-0.3, -0.25) is 9.59 Å². The second kappa shape index (κ2) is 13.9. The van der Waals surface area contributed by atoms with E-state index >= 15 is 0 Å². The van der Waals surface area contributed by atoms with Gasteiger partial charge in [-0.1, -0.05) is 54.1 Å². The molecule has 8 nitrogen and oxygen atoms in total. The van der Waals surface area contributed by atoms with Crippen LogP contribution in [0.4, 0.5) is 19.0 Å². The fourth-order valence-corrected chi connectivity index (χ4v) is 4.20. The number of anilines is 1. The first-order chi connectivity index (χ1) is 19.0. The fraction of sp³-hybridized carbons (Fsp3) is 0.241. The third-order valence-electron chi connectivity index (χ3n) is 6.08. The summed E-state index contributed by atoms with van der Waals surface area (Å²) in [7, 11) is 0. The molecule has 11 heteroatoms. The number of carbonyl (C=O) groups is 3. The molecule has 0 saturated carbocycles. The van der Waals surface area contributed by atoms with Crippen molar-refractivity contribution in [2.24, 2.45) is 0 Å². The molecule has 0 spiro atoms. The van der Waals surface area contributed by atoms with Crippen LogP contribution in [0.1, 0.15) is 45.8 Å². The van der Waals surface area contributed by atoms with E-state index < -0.39 is 18.1 Å². The summed E-state index contributed by atoms with van der Waals surface area (Å²) in [6.07, 6.45) is 0.208. The Labute approximate surface area is 228 Å². The van der Waals surface area contributed by atoms with Crippen LogP contribution in [0.25, 0.3) is 0 Å². The van der Waals surface area contributed by atoms with Gasteiger partial charge in [0, 0.05) is 24.8 Å². The Hall–Kier alpha value is -4.67. The summed E-state index contributed by atoms with van der Waals surface area (Å²) in [6, 6.07) is 21.2. The van der Waals surface area contributed by atoms with E-state index in [1.165, 1.54) is 0 Å². The van der Waals surface area contributed by atoms with Crippen molar-refractivity contribution < 1.29 is 37.8 Å². The van der Waals surface area contributed by atoms with E-state index in [9.17, 15) is 27.9 Å². The number of allylic oxidation sites excluding steroid dienone is 1. The van der Waals surface area contributed by atoms with Crippen LogP contribution in [0.15, 0.2) is 84.6 Å². The first-order valence-corrected chi connectivity index (χ1v) is 12.3. The SMILES string of the molecule is O=C(O)C(F)(F)F.O=C(O)CC1CC(CNC(=O)c2cccc(CNc3ccccn3)c2)=CCc2ccccc21. The highest BCUT2D eigenvalue weighted by Crippen LogP contribution is 2.33. The van der Waals surface area contributed by atoms with E-state index in [0.29, 0.717) is 25.1 Å².